The van der Waals surface area contributed by atoms with Gasteiger partial charge in [0, 0.05) is 10.6 Å². The number of anilines is 2. The summed E-state index contributed by atoms with van der Waals surface area (Å²) in [4.78, 5) is 25.9. The molecule has 0 unspecified atom stereocenters. The van der Waals surface area contributed by atoms with Gasteiger partial charge in [-0.2, -0.15) is 0 Å². The Morgan fingerprint density at radius 3 is 2.76 bits per heavy atom. The maximum Gasteiger partial charge on any atom is 0.258 e. The Bertz CT molecular complexity index is 743. The van der Waals surface area contributed by atoms with Gasteiger partial charge < -0.3 is 5.32 Å². The zero-order chi connectivity index (χ0) is 15.0. The molecule has 21 heavy (non-hydrogen) atoms. The fourth-order valence-corrected chi connectivity index (χ4v) is 2.48. The summed E-state index contributed by atoms with van der Waals surface area (Å²) in [6.45, 7) is 1.88. The van der Waals surface area contributed by atoms with Gasteiger partial charge >= 0.3 is 0 Å². The van der Waals surface area contributed by atoms with E-state index >= 15 is 0 Å². The molecular weight excluding hydrogens is 288 g/mol. The van der Waals surface area contributed by atoms with Gasteiger partial charge in [0.15, 0.2) is 0 Å². The lowest BCUT2D eigenvalue weighted by Gasteiger charge is -2.29. The van der Waals surface area contributed by atoms with E-state index in [1.54, 1.807) is 24.3 Å². The highest BCUT2D eigenvalue weighted by atomic mass is 35.5. The summed E-state index contributed by atoms with van der Waals surface area (Å²) in [7, 11) is 0. The van der Waals surface area contributed by atoms with Crippen LogP contribution < -0.4 is 10.2 Å². The minimum absolute atomic E-state index is 0.00133. The normalized spacial score (nSPS) is 13.6. The van der Waals surface area contributed by atoms with Crippen molar-refractivity contribution in [2.45, 2.75) is 6.92 Å². The third-order valence-corrected chi connectivity index (χ3v) is 3.84. The Morgan fingerprint density at radius 1 is 1.24 bits per heavy atom. The van der Waals surface area contributed by atoms with Crippen molar-refractivity contribution < 1.29 is 9.59 Å². The molecule has 0 bridgehead atoms. The molecule has 0 radical (unpaired) electrons. The standard InChI is InChI=1S/C16H13ClN2O2/c1-10-6-7-11(8-12(10)17)16(21)19-9-15(20)18-13-4-2-3-5-14(13)19/h2-8H,9H2,1H3,(H,18,20). The van der Waals surface area contributed by atoms with Crippen molar-refractivity contribution in [3.63, 3.8) is 0 Å². The summed E-state index contributed by atoms with van der Waals surface area (Å²) < 4.78 is 0. The molecule has 0 saturated heterocycles. The molecular formula is C16H13ClN2O2. The van der Waals surface area contributed by atoms with Crippen molar-refractivity contribution in [2.24, 2.45) is 0 Å². The topological polar surface area (TPSA) is 49.4 Å². The number of fused-ring (bicyclic) bond motifs is 1. The molecule has 3 rings (SSSR count). The summed E-state index contributed by atoms with van der Waals surface area (Å²) in [6, 6.07) is 12.4. The van der Waals surface area contributed by atoms with Crippen molar-refractivity contribution >= 4 is 34.8 Å². The second-order valence-electron chi connectivity index (χ2n) is 4.92. The van der Waals surface area contributed by atoms with E-state index in [4.69, 9.17) is 11.6 Å². The van der Waals surface area contributed by atoms with Crippen LogP contribution in [-0.4, -0.2) is 18.4 Å². The number of hydrogen-bond donors (Lipinski definition) is 1. The smallest absolute Gasteiger partial charge is 0.258 e. The minimum Gasteiger partial charge on any atom is -0.323 e. The molecule has 0 atom stereocenters. The maximum absolute atomic E-state index is 12.7. The lowest BCUT2D eigenvalue weighted by Crippen LogP contribution is -2.42. The molecule has 2 aromatic carbocycles. The first-order chi connectivity index (χ1) is 10.1. The Hall–Kier alpha value is -2.33. The van der Waals surface area contributed by atoms with Gasteiger partial charge in [-0.05, 0) is 36.8 Å². The monoisotopic (exact) mass is 300 g/mol. The number of amides is 2. The predicted octanol–water partition coefficient (Wildman–Crippen LogP) is 3.25. The molecule has 1 aliphatic rings. The zero-order valence-corrected chi connectivity index (χ0v) is 12.1. The van der Waals surface area contributed by atoms with E-state index in [9.17, 15) is 9.59 Å². The van der Waals surface area contributed by atoms with Crippen molar-refractivity contribution in [1.29, 1.82) is 0 Å². The highest BCUT2D eigenvalue weighted by Crippen LogP contribution is 2.30. The molecule has 0 spiro atoms. The highest BCUT2D eigenvalue weighted by Gasteiger charge is 2.27. The zero-order valence-electron chi connectivity index (χ0n) is 11.4. The minimum atomic E-state index is -0.237. The van der Waals surface area contributed by atoms with Crippen LogP contribution in [-0.2, 0) is 4.79 Å². The van der Waals surface area contributed by atoms with Gasteiger partial charge in [-0.15, -0.1) is 0 Å². The third-order valence-electron chi connectivity index (χ3n) is 3.43. The van der Waals surface area contributed by atoms with Crippen LogP contribution in [0.3, 0.4) is 0 Å². The Labute approximate surface area is 127 Å². The van der Waals surface area contributed by atoms with Gasteiger partial charge in [0.25, 0.3) is 5.91 Å². The largest absolute Gasteiger partial charge is 0.323 e. The molecule has 2 amide bonds. The average Bonchev–Trinajstić information content (AvgIpc) is 2.48. The van der Waals surface area contributed by atoms with E-state index in [-0.39, 0.29) is 18.4 Å². The lowest BCUT2D eigenvalue weighted by atomic mass is 10.1. The number of rotatable bonds is 1. The van der Waals surface area contributed by atoms with Crippen LogP contribution in [0.1, 0.15) is 15.9 Å². The molecule has 4 nitrogen and oxygen atoms in total. The third kappa shape index (κ3) is 2.50. The molecule has 0 aliphatic carbocycles. The van der Waals surface area contributed by atoms with E-state index in [1.807, 2.05) is 25.1 Å². The van der Waals surface area contributed by atoms with Crippen LogP contribution in [0, 0.1) is 6.92 Å². The fourth-order valence-electron chi connectivity index (χ4n) is 2.30. The molecule has 5 heteroatoms. The van der Waals surface area contributed by atoms with Gasteiger partial charge in [0.05, 0.1) is 11.4 Å². The van der Waals surface area contributed by atoms with Gasteiger partial charge in [-0.3, -0.25) is 14.5 Å². The number of halogens is 1. The quantitative estimate of drug-likeness (QED) is 0.879. The first-order valence-electron chi connectivity index (χ1n) is 6.53. The predicted molar refractivity (Wildman–Crippen MR) is 82.9 cm³/mol. The second kappa shape index (κ2) is 5.22. The SMILES string of the molecule is Cc1ccc(C(=O)N2CC(=O)Nc3ccccc32)cc1Cl. The summed E-state index contributed by atoms with van der Waals surface area (Å²) in [5, 5.41) is 3.30. The van der Waals surface area contributed by atoms with Crippen LogP contribution in [0.15, 0.2) is 42.5 Å². The Morgan fingerprint density at radius 2 is 2.00 bits per heavy atom. The van der Waals surface area contributed by atoms with Crippen LogP contribution >= 0.6 is 11.6 Å². The van der Waals surface area contributed by atoms with Crippen molar-refractivity contribution in [3.05, 3.63) is 58.6 Å². The van der Waals surface area contributed by atoms with Gasteiger partial charge in [-0.1, -0.05) is 29.8 Å². The maximum atomic E-state index is 12.7. The molecule has 0 saturated carbocycles. The van der Waals surface area contributed by atoms with Gasteiger partial charge in [-0.25, -0.2) is 0 Å². The molecule has 0 fully saturated rings. The van der Waals surface area contributed by atoms with E-state index in [2.05, 4.69) is 5.32 Å². The lowest BCUT2D eigenvalue weighted by molar-refractivity contribution is -0.115. The highest BCUT2D eigenvalue weighted by molar-refractivity contribution is 6.32. The molecule has 2 aromatic rings. The number of para-hydroxylation sites is 2. The van der Waals surface area contributed by atoms with Crippen molar-refractivity contribution in [1.82, 2.24) is 0 Å². The van der Waals surface area contributed by atoms with Gasteiger partial charge in [0.1, 0.15) is 6.54 Å². The Kier molecular flexibility index (Phi) is 3.39. The number of hydrogen-bond acceptors (Lipinski definition) is 2. The van der Waals surface area contributed by atoms with E-state index in [0.717, 1.165) is 5.56 Å². The second-order valence-corrected chi connectivity index (χ2v) is 5.33. The summed E-state index contributed by atoms with van der Waals surface area (Å²) in [5.74, 6) is -0.445. The van der Waals surface area contributed by atoms with Crippen molar-refractivity contribution in [2.75, 3.05) is 16.8 Å². The Balaban J connectivity index is 2.01. The van der Waals surface area contributed by atoms with E-state index in [0.29, 0.717) is 22.0 Å². The number of nitrogens with one attached hydrogen (secondary N) is 1. The fraction of sp³-hybridized carbons (Fsp3) is 0.125. The summed E-state index contributed by atoms with van der Waals surface area (Å²) in [5.41, 5.74) is 2.71. The molecule has 1 aliphatic heterocycles. The average molecular weight is 301 g/mol. The summed E-state index contributed by atoms with van der Waals surface area (Å²) >= 11 is 6.08. The van der Waals surface area contributed by atoms with E-state index in [1.165, 1.54) is 4.90 Å². The summed E-state index contributed by atoms with van der Waals surface area (Å²) in [6.07, 6.45) is 0. The van der Waals surface area contributed by atoms with Crippen LogP contribution in [0.4, 0.5) is 11.4 Å². The van der Waals surface area contributed by atoms with E-state index < -0.39 is 0 Å². The first-order valence-corrected chi connectivity index (χ1v) is 6.91. The number of carbonyl (C=O) groups excluding carboxylic acids is 2. The number of aryl methyl sites for hydroxylation is 1. The number of benzene rings is 2. The molecule has 106 valence electrons. The van der Waals surface area contributed by atoms with Gasteiger partial charge in [0.2, 0.25) is 5.91 Å². The van der Waals surface area contributed by atoms with Crippen LogP contribution in [0.25, 0.3) is 0 Å². The number of nitrogens with zero attached hydrogens (tertiary/aromatic N) is 1. The molecule has 1 heterocycles. The first kappa shape index (κ1) is 13.6. The molecule has 0 aromatic heterocycles. The molecule has 1 N–H and O–H groups in total. The van der Waals surface area contributed by atoms with Crippen LogP contribution in [0.5, 0.6) is 0 Å². The number of carbonyl (C=O) groups is 2. The van der Waals surface area contributed by atoms with Crippen molar-refractivity contribution in [3.8, 4) is 0 Å². The van der Waals surface area contributed by atoms with Crippen LogP contribution in [0.2, 0.25) is 5.02 Å².